The maximum atomic E-state index is 12.3. The fourth-order valence-corrected chi connectivity index (χ4v) is 3.08. The Kier molecular flexibility index (Phi) is 6.80. The van der Waals surface area contributed by atoms with Crippen molar-refractivity contribution < 1.29 is 23.9 Å². The van der Waals surface area contributed by atoms with Gasteiger partial charge in [0.15, 0.2) is 6.61 Å². The summed E-state index contributed by atoms with van der Waals surface area (Å²) >= 11 is 1.12. The van der Waals surface area contributed by atoms with E-state index in [0.29, 0.717) is 26.9 Å². The number of anilines is 2. The normalized spacial score (nSPS) is 10.9. The van der Waals surface area contributed by atoms with Crippen molar-refractivity contribution in [2.24, 2.45) is 5.41 Å². The standard InChI is InChI=1S/C20H24N2O5S/c1-12-10-16(22-19(25)20(2,3)4)28-17(12)18(24)27-11-15(23)21-13-6-8-14(26-5)9-7-13/h6-10H,11H2,1-5H3,(H,21,23)(H,22,25). The lowest BCUT2D eigenvalue weighted by atomic mass is 9.96. The molecule has 1 aromatic carbocycles. The second-order valence-corrected chi connectivity index (χ2v) is 8.23. The molecule has 2 aromatic rings. The third kappa shape index (κ3) is 5.82. The van der Waals surface area contributed by atoms with Gasteiger partial charge in [0.05, 0.1) is 12.1 Å². The van der Waals surface area contributed by atoms with Crippen molar-refractivity contribution in [1.29, 1.82) is 0 Å². The van der Waals surface area contributed by atoms with Gasteiger partial charge < -0.3 is 20.1 Å². The van der Waals surface area contributed by atoms with E-state index in [1.165, 1.54) is 0 Å². The molecular weight excluding hydrogens is 380 g/mol. The number of carbonyl (C=O) groups is 3. The van der Waals surface area contributed by atoms with Crippen molar-refractivity contribution in [3.05, 3.63) is 40.8 Å². The van der Waals surface area contributed by atoms with Gasteiger partial charge in [-0.15, -0.1) is 11.3 Å². The van der Waals surface area contributed by atoms with E-state index in [0.717, 1.165) is 11.3 Å². The second-order valence-electron chi connectivity index (χ2n) is 7.18. The van der Waals surface area contributed by atoms with Crippen LogP contribution in [-0.4, -0.2) is 31.5 Å². The van der Waals surface area contributed by atoms with Gasteiger partial charge in [0, 0.05) is 11.1 Å². The predicted molar refractivity (Wildman–Crippen MR) is 109 cm³/mol. The molecule has 7 nitrogen and oxygen atoms in total. The van der Waals surface area contributed by atoms with E-state index in [9.17, 15) is 14.4 Å². The Labute approximate surface area is 168 Å². The minimum absolute atomic E-state index is 0.146. The van der Waals surface area contributed by atoms with Crippen LogP contribution in [0.5, 0.6) is 5.75 Å². The van der Waals surface area contributed by atoms with Crippen LogP contribution in [0.1, 0.15) is 36.0 Å². The van der Waals surface area contributed by atoms with Gasteiger partial charge in [-0.2, -0.15) is 0 Å². The number of hydrogen-bond acceptors (Lipinski definition) is 6. The van der Waals surface area contributed by atoms with Crippen molar-refractivity contribution in [1.82, 2.24) is 0 Å². The van der Waals surface area contributed by atoms with Crippen LogP contribution < -0.4 is 15.4 Å². The van der Waals surface area contributed by atoms with Gasteiger partial charge in [-0.1, -0.05) is 20.8 Å². The zero-order chi connectivity index (χ0) is 20.9. The van der Waals surface area contributed by atoms with Crippen LogP contribution in [0, 0.1) is 12.3 Å². The Morgan fingerprint density at radius 1 is 1.07 bits per heavy atom. The molecule has 0 unspecified atom stereocenters. The summed E-state index contributed by atoms with van der Waals surface area (Å²) in [7, 11) is 1.56. The molecule has 28 heavy (non-hydrogen) atoms. The van der Waals surface area contributed by atoms with Gasteiger partial charge in [0.2, 0.25) is 5.91 Å². The van der Waals surface area contributed by atoms with E-state index in [2.05, 4.69) is 10.6 Å². The topological polar surface area (TPSA) is 93.7 Å². The summed E-state index contributed by atoms with van der Waals surface area (Å²) < 4.78 is 10.1. The van der Waals surface area contributed by atoms with Gasteiger partial charge in [-0.05, 0) is 42.8 Å². The van der Waals surface area contributed by atoms with E-state index >= 15 is 0 Å². The number of nitrogens with one attached hydrogen (secondary N) is 2. The van der Waals surface area contributed by atoms with Crippen LogP contribution in [0.4, 0.5) is 10.7 Å². The van der Waals surface area contributed by atoms with Gasteiger partial charge >= 0.3 is 5.97 Å². The third-order valence-corrected chi connectivity index (χ3v) is 4.86. The van der Waals surface area contributed by atoms with Crippen LogP contribution in [0.25, 0.3) is 0 Å². The first-order valence-corrected chi connectivity index (χ1v) is 9.44. The Balaban J connectivity index is 1.91. The monoisotopic (exact) mass is 404 g/mol. The Bertz CT molecular complexity index is 866. The first kappa shape index (κ1) is 21.4. The minimum atomic E-state index is -0.608. The summed E-state index contributed by atoms with van der Waals surface area (Å²) in [5, 5.41) is 5.99. The quantitative estimate of drug-likeness (QED) is 0.714. The van der Waals surface area contributed by atoms with Gasteiger partial charge in [0.25, 0.3) is 5.91 Å². The molecule has 0 bridgehead atoms. The number of thiophene rings is 1. The van der Waals surface area contributed by atoms with Crippen LogP contribution in [0.3, 0.4) is 0 Å². The van der Waals surface area contributed by atoms with Gasteiger partial charge in [-0.3, -0.25) is 9.59 Å². The smallest absolute Gasteiger partial charge is 0.349 e. The van der Waals surface area contributed by atoms with E-state index in [-0.39, 0.29) is 5.91 Å². The minimum Gasteiger partial charge on any atom is -0.497 e. The lowest BCUT2D eigenvalue weighted by molar-refractivity contribution is -0.123. The van der Waals surface area contributed by atoms with E-state index < -0.39 is 23.9 Å². The second kappa shape index (κ2) is 8.88. The number of amides is 2. The van der Waals surface area contributed by atoms with E-state index in [1.54, 1.807) is 65.1 Å². The average molecular weight is 404 g/mol. The van der Waals surface area contributed by atoms with Crippen molar-refractivity contribution in [2.45, 2.75) is 27.7 Å². The summed E-state index contributed by atoms with van der Waals surface area (Å²) in [6.07, 6.45) is 0. The molecule has 0 fully saturated rings. The highest BCUT2D eigenvalue weighted by atomic mass is 32.1. The summed E-state index contributed by atoms with van der Waals surface area (Å²) in [5.41, 5.74) is 0.703. The lowest BCUT2D eigenvalue weighted by Crippen LogP contribution is -2.27. The maximum Gasteiger partial charge on any atom is 0.349 e. The zero-order valence-electron chi connectivity index (χ0n) is 16.5. The number of methoxy groups -OCH3 is 1. The molecule has 8 heteroatoms. The molecular formula is C20H24N2O5S. The molecule has 0 saturated heterocycles. The Morgan fingerprint density at radius 2 is 1.71 bits per heavy atom. The maximum absolute atomic E-state index is 12.3. The van der Waals surface area contributed by atoms with E-state index in [1.807, 2.05) is 0 Å². The fraction of sp³-hybridized carbons (Fsp3) is 0.350. The molecule has 2 rings (SSSR count). The number of esters is 1. The van der Waals surface area contributed by atoms with Gasteiger partial charge in [0.1, 0.15) is 10.6 Å². The number of carbonyl (C=O) groups excluding carboxylic acids is 3. The summed E-state index contributed by atoms with van der Waals surface area (Å²) in [5.74, 6) is -0.530. The van der Waals surface area contributed by atoms with Crippen molar-refractivity contribution in [3.8, 4) is 5.75 Å². The highest BCUT2D eigenvalue weighted by Crippen LogP contribution is 2.29. The SMILES string of the molecule is COc1ccc(NC(=O)COC(=O)c2sc(NC(=O)C(C)(C)C)cc2C)cc1. The van der Waals surface area contributed by atoms with Crippen LogP contribution >= 0.6 is 11.3 Å². The van der Waals surface area contributed by atoms with Crippen LogP contribution in [0.2, 0.25) is 0 Å². The molecule has 150 valence electrons. The summed E-state index contributed by atoms with van der Waals surface area (Å²) in [6.45, 7) is 6.75. The molecule has 0 aliphatic heterocycles. The molecule has 1 aromatic heterocycles. The zero-order valence-corrected chi connectivity index (χ0v) is 17.4. The predicted octanol–water partition coefficient (Wildman–Crippen LogP) is 3.85. The fourth-order valence-electron chi connectivity index (χ4n) is 2.11. The molecule has 2 amide bonds. The van der Waals surface area contributed by atoms with Crippen molar-refractivity contribution in [2.75, 3.05) is 24.4 Å². The number of ether oxygens (including phenoxy) is 2. The highest BCUT2D eigenvalue weighted by molar-refractivity contribution is 7.18. The summed E-state index contributed by atoms with van der Waals surface area (Å²) in [4.78, 5) is 36.7. The van der Waals surface area contributed by atoms with E-state index in [4.69, 9.17) is 9.47 Å². The molecule has 0 radical (unpaired) electrons. The van der Waals surface area contributed by atoms with Crippen molar-refractivity contribution in [3.63, 3.8) is 0 Å². The third-order valence-electron chi connectivity index (χ3n) is 3.73. The molecule has 1 heterocycles. The summed E-state index contributed by atoms with van der Waals surface area (Å²) in [6, 6.07) is 8.51. The first-order valence-electron chi connectivity index (χ1n) is 8.63. The Morgan fingerprint density at radius 3 is 2.29 bits per heavy atom. The largest absolute Gasteiger partial charge is 0.497 e. The highest BCUT2D eigenvalue weighted by Gasteiger charge is 2.23. The van der Waals surface area contributed by atoms with Crippen LogP contribution in [0.15, 0.2) is 30.3 Å². The number of hydrogen-bond donors (Lipinski definition) is 2. The van der Waals surface area contributed by atoms with Gasteiger partial charge in [-0.25, -0.2) is 4.79 Å². The number of benzene rings is 1. The number of aryl methyl sites for hydroxylation is 1. The lowest BCUT2D eigenvalue weighted by Gasteiger charge is -2.16. The first-order chi connectivity index (χ1) is 13.1. The number of rotatable bonds is 6. The molecule has 0 saturated carbocycles. The molecule has 0 spiro atoms. The molecule has 0 atom stereocenters. The van der Waals surface area contributed by atoms with Crippen LogP contribution in [-0.2, 0) is 14.3 Å². The molecule has 0 aliphatic carbocycles. The average Bonchev–Trinajstić information content (AvgIpc) is 3.00. The molecule has 0 aliphatic rings. The molecule has 2 N–H and O–H groups in total. The Hall–Kier alpha value is -2.87. The van der Waals surface area contributed by atoms with Crippen molar-refractivity contribution >= 4 is 39.8 Å².